The third-order valence-electron chi connectivity index (χ3n) is 1.71. The van der Waals surface area contributed by atoms with Crippen molar-refractivity contribution in [1.82, 2.24) is 9.55 Å². The lowest BCUT2D eigenvalue weighted by Gasteiger charge is -2.12. The van der Waals surface area contributed by atoms with Crippen molar-refractivity contribution < 1.29 is 0 Å². The highest BCUT2D eigenvalue weighted by Gasteiger charge is 2.04. The summed E-state index contributed by atoms with van der Waals surface area (Å²) in [7, 11) is 0. The Morgan fingerprint density at radius 1 is 1.58 bits per heavy atom. The lowest BCUT2D eigenvalue weighted by molar-refractivity contribution is 0.591. The molecular weight excluding hydrogens is 154 g/mol. The van der Waals surface area contributed by atoms with Gasteiger partial charge in [0.15, 0.2) is 0 Å². The molecule has 0 atom stereocenters. The van der Waals surface area contributed by atoms with Gasteiger partial charge in [-0.3, -0.25) is 4.79 Å². The van der Waals surface area contributed by atoms with E-state index < -0.39 is 0 Å². The molecule has 4 nitrogen and oxygen atoms in total. The number of hydrogen-bond acceptors (Lipinski definition) is 3. The highest BCUT2D eigenvalue weighted by molar-refractivity contribution is 5.20. The summed E-state index contributed by atoms with van der Waals surface area (Å²) in [6.45, 7) is 5.71. The summed E-state index contributed by atoms with van der Waals surface area (Å²) < 4.78 is 1.77. The van der Waals surface area contributed by atoms with Gasteiger partial charge in [-0.15, -0.1) is 0 Å². The van der Waals surface area contributed by atoms with E-state index in [1.165, 1.54) is 0 Å². The minimum absolute atomic E-state index is 0.233. The van der Waals surface area contributed by atoms with Gasteiger partial charge >= 0.3 is 0 Å². The average Bonchev–Trinajstić information content (AvgIpc) is 1.96. The molecule has 0 aliphatic rings. The van der Waals surface area contributed by atoms with Crippen LogP contribution in [0.15, 0.2) is 11.0 Å². The molecule has 1 aromatic heterocycles. The van der Waals surface area contributed by atoms with E-state index in [1.807, 2.05) is 13.8 Å². The third-order valence-corrected chi connectivity index (χ3v) is 1.71. The van der Waals surface area contributed by atoms with Crippen molar-refractivity contribution in [3.63, 3.8) is 0 Å². The summed E-state index contributed by atoms with van der Waals surface area (Å²) in [5, 5.41) is 0. The van der Waals surface area contributed by atoms with E-state index in [9.17, 15) is 4.79 Å². The predicted octanol–water partition coefficient (Wildman–Crippen LogP) is 0.715. The molecular formula is C8H13N3O. The SMILES string of the molecule is Cc1cn(C(C)C)c(N)nc1=O. The van der Waals surface area contributed by atoms with Crippen molar-refractivity contribution in [3.8, 4) is 0 Å². The van der Waals surface area contributed by atoms with E-state index in [2.05, 4.69) is 4.98 Å². The van der Waals surface area contributed by atoms with Gasteiger partial charge in [0.2, 0.25) is 5.95 Å². The summed E-state index contributed by atoms with van der Waals surface area (Å²) in [4.78, 5) is 14.7. The van der Waals surface area contributed by atoms with Crippen molar-refractivity contribution >= 4 is 5.95 Å². The van der Waals surface area contributed by atoms with Crippen molar-refractivity contribution in [2.45, 2.75) is 26.8 Å². The Hall–Kier alpha value is -1.32. The number of nitrogens with two attached hydrogens (primary N) is 1. The van der Waals surface area contributed by atoms with E-state index in [0.717, 1.165) is 0 Å². The van der Waals surface area contributed by atoms with Gasteiger partial charge in [-0.1, -0.05) is 0 Å². The van der Waals surface area contributed by atoms with Crippen molar-refractivity contribution in [3.05, 3.63) is 22.1 Å². The fraction of sp³-hybridized carbons (Fsp3) is 0.500. The van der Waals surface area contributed by atoms with Crippen LogP contribution in [-0.4, -0.2) is 9.55 Å². The maximum absolute atomic E-state index is 11.0. The fourth-order valence-corrected chi connectivity index (χ4v) is 0.994. The van der Waals surface area contributed by atoms with Gasteiger partial charge in [-0.05, 0) is 20.8 Å². The van der Waals surface area contributed by atoms with Gasteiger partial charge in [0.25, 0.3) is 5.56 Å². The van der Waals surface area contributed by atoms with Crippen molar-refractivity contribution in [2.24, 2.45) is 0 Å². The molecule has 0 unspecified atom stereocenters. The first-order valence-electron chi connectivity index (χ1n) is 3.87. The number of hydrogen-bond donors (Lipinski definition) is 1. The van der Waals surface area contributed by atoms with Crippen LogP contribution in [0, 0.1) is 6.92 Å². The highest BCUT2D eigenvalue weighted by atomic mass is 16.1. The lowest BCUT2D eigenvalue weighted by Crippen LogP contribution is -2.19. The zero-order chi connectivity index (χ0) is 9.30. The first kappa shape index (κ1) is 8.77. The van der Waals surface area contributed by atoms with Gasteiger partial charge in [0.05, 0.1) is 0 Å². The average molecular weight is 167 g/mol. The number of aromatic nitrogens is 2. The molecule has 66 valence electrons. The molecule has 1 aromatic rings. The van der Waals surface area contributed by atoms with Crippen LogP contribution in [0.2, 0.25) is 0 Å². The molecule has 0 amide bonds. The summed E-state index contributed by atoms with van der Waals surface area (Å²) in [5.41, 5.74) is 5.92. The normalized spacial score (nSPS) is 10.7. The lowest BCUT2D eigenvalue weighted by atomic mass is 10.3. The van der Waals surface area contributed by atoms with Crippen LogP contribution in [0.5, 0.6) is 0 Å². The van der Waals surface area contributed by atoms with Gasteiger partial charge < -0.3 is 10.3 Å². The third kappa shape index (κ3) is 1.47. The molecule has 0 saturated heterocycles. The van der Waals surface area contributed by atoms with Crippen LogP contribution >= 0.6 is 0 Å². The second kappa shape index (κ2) is 2.97. The zero-order valence-electron chi connectivity index (χ0n) is 7.53. The van der Waals surface area contributed by atoms with E-state index in [1.54, 1.807) is 17.7 Å². The Balaban J connectivity index is 3.33. The summed E-state index contributed by atoms with van der Waals surface area (Å²) in [5.74, 6) is 0.278. The van der Waals surface area contributed by atoms with Crippen LogP contribution in [0.4, 0.5) is 5.95 Å². The summed E-state index contributed by atoms with van der Waals surface area (Å²) in [6, 6.07) is 0.233. The smallest absolute Gasteiger partial charge is 0.277 e. The quantitative estimate of drug-likeness (QED) is 0.670. The number of rotatable bonds is 1. The molecule has 1 rings (SSSR count). The Morgan fingerprint density at radius 2 is 2.17 bits per heavy atom. The van der Waals surface area contributed by atoms with E-state index in [-0.39, 0.29) is 17.5 Å². The Labute approximate surface area is 71.0 Å². The largest absolute Gasteiger partial charge is 0.369 e. The zero-order valence-corrected chi connectivity index (χ0v) is 7.53. The van der Waals surface area contributed by atoms with Crippen LogP contribution in [0.1, 0.15) is 25.5 Å². The van der Waals surface area contributed by atoms with Crippen LogP contribution in [-0.2, 0) is 0 Å². The Bertz CT molecular complexity index is 341. The van der Waals surface area contributed by atoms with E-state index in [0.29, 0.717) is 5.56 Å². The first-order valence-corrected chi connectivity index (χ1v) is 3.87. The minimum Gasteiger partial charge on any atom is -0.369 e. The number of nitrogen functional groups attached to an aromatic ring is 1. The van der Waals surface area contributed by atoms with E-state index >= 15 is 0 Å². The minimum atomic E-state index is -0.246. The van der Waals surface area contributed by atoms with E-state index in [4.69, 9.17) is 5.73 Å². The molecule has 0 bridgehead atoms. The molecule has 0 spiro atoms. The van der Waals surface area contributed by atoms with Gasteiger partial charge in [0, 0.05) is 17.8 Å². The van der Waals surface area contributed by atoms with Gasteiger partial charge in [-0.2, -0.15) is 4.98 Å². The molecule has 12 heavy (non-hydrogen) atoms. The van der Waals surface area contributed by atoms with Crippen LogP contribution < -0.4 is 11.3 Å². The molecule has 1 heterocycles. The monoisotopic (exact) mass is 167 g/mol. The topological polar surface area (TPSA) is 60.9 Å². The van der Waals surface area contributed by atoms with Gasteiger partial charge in [0.1, 0.15) is 0 Å². The van der Waals surface area contributed by atoms with Crippen molar-refractivity contribution in [2.75, 3.05) is 5.73 Å². The molecule has 0 radical (unpaired) electrons. The fourth-order valence-electron chi connectivity index (χ4n) is 0.994. The highest BCUT2D eigenvalue weighted by Crippen LogP contribution is 2.07. The Kier molecular flexibility index (Phi) is 2.17. The maximum atomic E-state index is 11.0. The molecule has 0 fully saturated rings. The Morgan fingerprint density at radius 3 is 2.67 bits per heavy atom. The van der Waals surface area contributed by atoms with Gasteiger partial charge in [-0.25, -0.2) is 0 Å². The standard InChI is InChI=1S/C8H13N3O/c1-5(2)11-4-6(3)7(12)10-8(11)9/h4-5H,1-3H3,(H2,9,10,12). The number of nitrogens with zero attached hydrogens (tertiary/aromatic N) is 2. The molecule has 0 saturated carbocycles. The molecule has 0 aliphatic heterocycles. The second-order valence-corrected chi connectivity index (χ2v) is 3.09. The summed E-state index contributed by atoms with van der Waals surface area (Å²) >= 11 is 0. The van der Waals surface area contributed by atoms with Crippen LogP contribution in [0.3, 0.4) is 0 Å². The van der Waals surface area contributed by atoms with Crippen molar-refractivity contribution in [1.29, 1.82) is 0 Å². The number of aryl methyl sites for hydroxylation is 1. The molecule has 0 aliphatic carbocycles. The first-order chi connectivity index (χ1) is 5.52. The van der Waals surface area contributed by atoms with Crippen LogP contribution in [0.25, 0.3) is 0 Å². The summed E-state index contributed by atoms with van der Waals surface area (Å²) in [6.07, 6.45) is 1.73. The maximum Gasteiger partial charge on any atom is 0.277 e. The molecule has 4 heteroatoms. The number of anilines is 1. The molecule has 0 aromatic carbocycles. The second-order valence-electron chi connectivity index (χ2n) is 3.09. The molecule has 2 N–H and O–H groups in total. The predicted molar refractivity (Wildman–Crippen MR) is 48.0 cm³/mol.